The van der Waals surface area contributed by atoms with E-state index in [1.165, 1.54) is 4.31 Å². The fourth-order valence-corrected chi connectivity index (χ4v) is 6.26. The van der Waals surface area contributed by atoms with Crippen LogP contribution in [0.25, 0.3) is 10.9 Å². The van der Waals surface area contributed by atoms with Gasteiger partial charge in [0.25, 0.3) is 0 Å². The monoisotopic (exact) mass is 449 g/mol. The first-order chi connectivity index (χ1) is 15.5. The number of nitrogens with one attached hydrogen (secondary N) is 1. The Bertz CT molecular complexity index is 1370. The van der Waals surface area contributed by atoms with Crippen LogP contribution in [0.1, 0.15) is 22.8 Å². The van der Waals surface area contributed by atoms with Gasteiger partial charge in [-0.15, -0.1) is 0 Å². The number of methoxy groups -OCH3 is 1. The van der Waals surface area contributed by atoms with Gasteiger partial charge in [0.1, 0.15) is 5.75 Å². The molecule has 0 saturated heterocycles. The van der Waals surface area contributed by atoms with Crippen molar-refractivity contribution in [3.8, 4) is 5.75 Å². The lowest BCUT2D eigenvalue weighted by molar-refractivity contribution is 0.0771. The van der Waals surface area contributed by atoms with Gasteiger partial charge in [0.2, 0.25) is 10.0 Å². The van der Waals surface area contributed by atoms with E-state index in [1.807, 2.05) is 30.5 Å². The average Bonchev–Trinajstić information content (AvgIpc) is 3.22. The van der Waals surface area contributed by atoms with Gasteiger partial charge in [0, 0.05) is 47.7 Å². The van der Waals surface area contributed by atoms with Gasteiger partial charge in [0.15, 0.2) is 0 Å². The second-order valence-electron chi connectivity index (χ2n) is 7.89. The molecule has 3 heterocycles. The number of sulfonamides is 1. The molecule has 164 valence electrons. The third kappa shape index (κ3) is 3.46. The minimum absolute atomic E-state index is 0.127. The third-order valence-electron chi connectivity index (χ3n) is 6.02. The zero-order chi connectivity index (χ0) is 22.3. The molecule has 8 heteroatoms. The van der Waals surface area contributed by atoms with Crippen molar-refractivity contribution < 1.29 is 18.3 Å². The first-order valence-corrected chi connectivity index (χ1v) is 11.7. The highest BCUT2D eigenvalue weighted by molar-refractivity contribution is 7.89. The Kier molecular flexibility index (Phi) is 5.21. The van der Waals surface area contributed by atoms with E-state index >= 15 is 0 Å². The number of hydrogen-bond donors (Lipinski definition) is 2. The number of nitrogens with zero attached hydrogens (tertiary/aromatic N) is 2. The molecule has 2 aromatic heterocycles. The molecule has 2 atom stereocenters. The summed E-state index contributed by atoms with van der Waals surface area (Å²) in [6.07, 6.45) is 4.55. The molecule has 1 aliphatic rings. The number of H-pyrrole nitrogens is 1. The average molecular weight is 450 g/mol. The normalized spacial score (nSPS) is 20.2. The van der Waals surface area contributed by atoms with Crippen molar-refractivity contribution in [1.82, 2.24) is 14.3 Å². The maximum atomic E-state index is 13.6. The Hall–Kier alpha value is -3.20. The number of aromatic nitrogens is 2. The molecular weight excluding hydrogens is 426 g/mol. The summed E-state index contributed by atoms with van der Waals surface area (Å²) in [5, 5.41) is 12.3. The lowest BCUT2D eigenvalue weighted by Gasteiger charge is -2.39. The number of fused-ring (bicyclic) bond motifs is 2. The van der Waals surface area contributed by atoms with Gasteiger partial charge in [-0.3, -0.25) is 4.98 Å². The first-order valence-electron chi connectivity index (χ1n) is 10.3. The van der Waals surface area contributed by atoms with Crippen LogP contribution in [0.3, 0.4) is 0 Å². The van der Waals surface area contributed by atoms with Gasteiger partial charge in [0.05, 0.1) is 24.2 Å². The molecular formula is C24H23N3O4S. The van der Waals surface area contributed by atoms with Gasteiger partial charge in [-0.2, -0.15) is 4.31 Å². The van der Waals surface area contributed by atoms with Crippen LogP contribution in [0.2, 0.25) is 0 Å². The summed E-state index contributed by atoms with van der Waals surface area (Å²) < 4.78 is 33.9. The summed E-state index contributed by atoms with van der Waals surface area (Å²) >= 11 is 0. The van der Waals surface area contributed by atoms with Gasteiger partial charge < -0.3 is 14.8 Å². The van der Waals surface area contributed by atoms with E-state index < -0.39 is 22.2 Å². The van der Waals surface area contributed by atoms with E-state index in [4.69, 9.17) is 4.74 Å². The predicted octanol–water partition coefficient (Wildman–Crippen LogP) is 3.42. The summed E-state index contributed by atoms with van der Waals surface area (Å²) in [5.74, 6) is 0.735. The highest BCUT2D eigenvalue weighted by atomic mass is 32.2. The fourth-order valence-electron chi connectivity index (χ4n) is 4.40. The van der Waals surface area contributed by atoms with Crippen molar-refractivity contribution in [2.24, 2.45) is 0 Å². The molecule has 0 bridgehead atoms. The highest BCUT2D eigenvalue weighted by Gasteiger charge is 2.43. The number of aliphatic hydroxyl groups is 1. The van der Waals surface area contributed by atoms with Crippen LogP contribution in [0.15, 0.2) is 78.1 Å². The second kappa shape index (κ2) is 8.05. The second-order valence-corrected chi connectivity index (χ2v) is 9.75. The molecule has 2 N–H and O–H groups in total. The van der Waals surface area contributed by atoms with Crippen LogP contribution in [0, 0.1) is 0 Å². The van der Waals surface area contributed by atoms with Crippen LogP contribution in [0.5, 0.6) is 5.75 Å². The lowest BCUT2D eigenvalue weighted by Crippen LogP contribution is -2.48. The van der Waals surface area contributed by atoms with Gasteiger partial charge in [-0.1, -0.05) is 24.3 Å². The minimum atomic E-state index is -3.81. The molecule has 0 aliphatic carbocycles. The molecule has 7 nitrogen and oxygen atoms in total. The highest BCUT2D eigenvalue weighted by Crippen LogP contribution is 2.39. The molecule has 5 rings (SSSR count). The van der Waals surface area contributed by atoms with Crippen molar-refractivity contribution in [3.63, 3.8) is 0 Å². The standard InChI is InChI=1S/C24H23N3O4S/c1-31-18-8-9-19-17(14-26-21(19)12-18)11-22-24(28)20-6-2-3-7-23(20)32(29,30)27(22)15-16-5-4-10-25-13-16/h2-10,12-14,22,24,26,28H,11,15H2,1H3. The summed E-state index contributed by atoms with van der Waals surface area (Å²) in [6, 6.07) is 15.3. The Labute approximate surface area is 186 Å². The van der Waals surface area contributed by atoms with Crippen molar-refractivity contribution >= 4 is 20.9 Å². The molecule has 0 spiro atoms. The lowest BCUT2D eigenvalue weighted by atomic mass is 9.95. The van der Waals surface area contributed by atoms with Crippen LogP contribution >= 0.6 is 0 Å². The Morgan fingerprint density at radius 3 is 2.78 bits per heavy atom. The van der Waals surface area contributed by atoms with Crippen LogP contribution < -0.4 is 4.74 Å². The van der Waals surface area contributed by atoms with E-state index in [2.05, 4.69) is 9.97 Å². The van der Waals surface area contributed by atoms with E-state index in [-0.39, 0.29) is 11.4 Å². The first kappa shape index (κ1) is 20.7. The van der Waals surface area contributed by atoms with Crippen LogP contribution in [-0.4, -0.2) is 40.9 Å². The number of rotatable bonds is 5. The van der Waals surface area contributed by atoms with Gasteiger partial charge in [-0.05, 0) is 41.8 Å². The number of aromatic amines is 1. The topological polar surface area (TPSA) is 95.5 Å². The molecule has 32 heavy (non-hydrogen) atoms. The van der Waals surface area contributed by atoms with Crippen molar-refractivity contribution in [3.05, 3.63) is 89.9 Å². The molecule has 1 aliphatic heterocycles. The molecule has 0 fully saturated rings. The Morgan fingerprint density at radius 2 is 2.00 bits per heavy atom. The molecule has 2 aromatic carbocycles. The summed E-state index contributed by atoms with van der Waals surface area (Å²) in [4.78, 5) is 7.50. The number of benzene rings is 2. The van der Waals surface area contributed by atoms with Crippen molar-refractivity contribution in [2.45, 2.75) is 30.0 Å². The Morgan fingerprint density at radius 1 is 1.16 bits per heavy atom. The SMILES string of the molecule is COc1ccc2c(CC3C(O)c4ccccc4S(=O)(=O)N3Cc3cccnc3)c[nH]c2c1. The summed E-state index contributed by atoms with van der Waals surface area (Å²) in [5.41, 5.74) is 3.02. The van der Waals surface area contributed by atoms with Crippen LogP contribution in [0.4, 0.5) is 0 Å². The smallest absolute Gasteiger partial charge is 0.244 e. The molecule has 0 amide bonds. The quantitative estimate of drug-likeness (QED) is 0.487. The van der Waals surface area contributed by atoms with E-state index in [9.17, 15) is 13.5 Å². The molecule has 2 unspecified atom stereocenters. The number of hydrogen-bond acceptors (Lipinski definition) is 5. The Balaban J connectivity index is 1.59. The van der Waals surface area contributed by atoms with E-state index in [0.717, 1.165) is 27.8 Å². The molecule has 4 aromatic rings. The van der Waals surface area contributed by atoms with Crippen molar-refractivity contribution in [2.75, 3.05) is 7.11 Å². The zero-order valence-corrected chi connectivity index (χ0v) is 18.3. The summed E-state index contributed by atoms with van der Waals surface area (Å²) in [7, 11) is -2.20. The van der Waals surface area contributed by atoms with E-state index in [0.29, 0.717) is 12.0 Å². The predicted molar refractivity (Wildman–Crippen MR) is 121 cm³/mol. The fraction of sp³-hybridized carbons (Fsp3) is 0.208. The molecule has 0 radical (unpaired) electrons. The largest absolute Gasteiger partial charge is 0.497 e. The zero-order valence-electron chi connectivity index (χ0n) is 17.5. The number of pyridine rings is 1. The third-order valence-corrected chi connectivity index (χ3v) is 7.97. The van der Waals surface area contributed by atoms with Gasteiger partial charge >= 0.3 is 0 Å². The van der Waals surface area contributed by atoms with E-state index in [1.54, 1.807) is 49.8 Å². The maximum absolute atomic E-state index is 13.6. The van der Waals surface area contributed by atoms with Crippen LogP contribution in [-0.2, 0) is 23.0 Å². The minimum Gasteiger partial charge on any atom is -0.497 e. The molecule has 0 saturated carbocycles. The maximum Gasteiger partial charge on any atom is 0.244 e. The number of aliphatic hydroxyl groups excluding tert-OH is 1. The van der Waals surface area contributed by atoms with Crippen molar-refractivity contribution in [1.29, 1.82) is 0 Å². The summed E-state index contributed by atoms with van der Waals surface area (Å²) in [6.45, 7) is 0.127. The van der Waals surface area contributed by atoms with Gasteiger partial charge in [-0.25, -0.2) is 8.42 Å². The number of ether oxygens (including phenoxy) is 1.